The van der Waals surface area contributed by atoms with E-state index in [4.69, 9.17) is 18.6 Å². The van der Waals surface area contributed by atoms with Gasteiger partial charge >= 0.3 is 12.1 Å². The normalized spacial score (nSPS) is 24.3. The second-order valence-electron chi connectivity index (χ2n) is 11.2. The fraction of sp³-hybridized carbons (Fsp3) is 0.621. The Balaban J connectivity index is 1.55. The number of methoxy groups -OCH3 is 1. The molecule has 1 aromatic heterocycles. The molecule has 1 saturated carbocycles. The molecule has 1 aliphatic heterocycles. The van der Waals surface area contributed by atoms with Gasteiger partial charge in [-0.25, -0.2) is 9.59 Å². The Bertz CT molecular complexity index is 1120. The van der Waals surface area contributed by atoms with Crippen molar-refractivity contribution in [3.05, 3.63) is 35.6 Å². The molecule has 2 aliphatic rings. The summed E-state index contributed by atoms with van der Waals surface area (Å²) in [6.45, 7) is 8.04. The molecule has 0 unspecified atom stereocenters. The van der Waals surface area contributed by atoms with E-state index in [0.717, 1.165) is 43.1 Å². The van der Waals surface area contributed by atoms with Gasteiger partial charge < -0.3 is 18.6 Å². The van der Waals surface area contributed by atoms with Crippen molar-refractivity contribution in [3.8, 4) is 0 Å². The number of esters is 1. The van der Waals surface area contributed by atoms with E-state index in [1.54, 1.807) is 31.1 Å². The second kappa shape index (κ2) is 11.3. The van der Waals surface area contributed by atoms with Gasteiger partial charge in [-0.3, -0.25) is 9.69 Å². The Morgan fingerprint density at radius 1 is 1.05 bits per heavy atom. The number of nitrogens with zero attached hydrogens (tertiary/aromatic N) is 1. The maximum Gasteiger partial charge on any atom is 0.410 e. The minimum Gasteiger partial charge on any atom is -0.460 e. The first-order chi connectivity index (χ1) is 17.6. The number of carbonyl (C=O) groups excluding carboxylic acids is 3. The van der Waals surface area contributed by atoms with E-state index in [1.807, 2.05) is 32.9 Å². The zero-order valence-electron chi connectivity index (χ0n) is 22.6. The largest absolute Gasteiger partial charge is 0.460 e. The average Bonchev–Trinajstić information content (AvgIpc) is 3.48. The molecule has 37 heavy (non-hydrogen) atoms. The molecule has 2 atom stereocenters. The minimum absolute atomic E-state index is 0.00989. The van der Waals surface area contributed by atoms with Crippen molar-refractivity contribution in [2.75, 3.05) is 20.3 Å². The number of benzene rings is 1. The number of furan rings is 1. The average molecular weight is 514 g/mol. The quantitative estimate of drug-likeness (QED) is 0.448. The Labute approximate surface area is 218 Å². The minimum atomic E-state index is -0.637. The zero-order valence-corrected chi connectivity index (χ0v) is 22.6. The predicted molar refractivity (Wildman–Crippen MR) is 138 cm³/mol. The summed E-state index contributed by atoms with van der Waals surface area (Å²) in [6.07, 6.45) is 4.76. The number of ether oxygens (including phenoxy) is 3. The van der Waals surface area contributed by atoms with Gasteiger partial charge in [0.25, 0.3) is 0 Å². The molecule has 8 heteroatoms. The first kappa shape index (κ1) is 27.2. The van der Waals surface area contributed by atoms with Gasteiger partial charge in [-0.05, 0) is 95.4 Å². The van der Waals surface area contributed by atoms with Gasteiger partial charge in [-0.1, -0.05) is 6.07 Å². The molecule has 0 bridgehead atoms. The van der Waals surface area contributed by atoms with Crippen LogP contribution in [0.3, 0.4) is 0 Å². The lowest BCUT2D eigenvalue weighted by molar-refractivity contribution is -0.124. The lowest BCUT2D eigenvalue weighted by Gasteiger charge is -2.36. The molecule has 1 amide bonds. The number of ketones is 1. The fourth-order valence-electron chi connectivity index (χ4n) is 5.81. The monoisotopic (exact) mass is 513 g/mol. The predicted octanol–water partition coefficient (Wildman–Crippen LogP) is 5.55. The maximum atomic E-state index is 13.8. The van der Waals surface area contributed by atoms with E-state index in [-0.39, 0.29) is 36.6 Å². The van der Waals surface area contributed by atoms with Crippen molar-refractivity contribution in [1.82, 2.24) is 4.90 Å². The van der Waals surface area contributed by atoms with Crippen LogP contribution in [-0.4, -0.2) is 60.8 Å². The topological polar surface area (TPSA) is 95.3 Å². The number of amides is 1. The lowest BCUT2D eigenvalue weighted by Crippen LogP contribution is -2.47. The summed E-state index contributed by atoms with van der Waals surface area (Å²) in [4.78, 5) is 40.7. The summed E-state index contributed by atoms with van der Waals surface area (Å²) in [5.41, 5.74) is 0.734. The summed E-state index contributed by atoms with van der Waals surface area (Å²) in [5, 5.41) is 0.734. The number of carbonyl (C=O) groups is 3. The molecule has 202 valence electrons. The molecule has 0 radical (unpaired) electrons. The Morgan fingerprint density at radius 3 is 2.43 bits per heavy atom. The van der Waals surface area contributed by atoms with Crippen molar-refractivity contribution in [2.45, 2.75) is 84.0 Å². The number of hydrogen-bond acceptors (Lipinski definition) is 7. The second-order valence-corrected chi connectivity index (χ2v) is 11.2. The van der Waals surface area contributed by atoms with Gasteiger partial charge in [-0.15, -0.1) is 0 Å². The third-order valence-corrected chi connectivity index (χ3v) is 7.50. The van der Waals surface area contributed by atoms with Crippen molar-refractivity contribution in [1.29, 1.82) is 0 Å². The summed E-state index contributed by atoms with van der Waals surface area (Å²) in [5.74, 6) is 0.109. The van der Waals surface area contributed by atoms with Crippen LogP contribution in [0, 0.1) is 11.8 Å². The molecular formula is C29H39NO7. The number of Topliss-reactive ketones (excluding diaryl/α,β-unsaturated/α-hetero) is 1. The SMILES string of the molecule is CCOC(=O)c1cc2cc(CC(=O)[C@H]3[C@@H](C4CCC(OC)CC4)CCN3C(=O)OC(C)(C)C)ccc2o1. The van der Waals surface area contributed by atoms with Gasteiger partial charge in [0.05, 0.1) is 18.8 Å². The van der Waals surface area contributed by atoms with Gasteiger partial charge in [0.15, 0.2) is 5.78 Å². The molecule has 0 spiro atoms. The van der Waals surface area contributed by atoms with E-state index in [9.17, 15) is 14.4 Å². The highest BCUT2D eigenvalue weighted by Crippen LogP contribution is 2.40. The van der Waals surface area contributed by atoms with Crippen LogP contribution in [0.15, 0.2) is 28.7 Å². The van der Waals surface area contributed by atoms with Crippen molar-refractivity contribution in [2.24, 2.45) is 11.8 Å². The summed E-state index contributed by atoms with van der Waals surface area (Å²) in [6, 6.07) is 6.59. The van der Waals surface area contributed by atoms with Crippen LogP contribution in [0.4, 0.5) is 4.79 Å². The van der Waals surface area contributed by atoms with E-state index in [0.29, 0.717) is 18.0 Å². The lowest BCUT2D eigenvalue weighted by atomic mass is 9.74. The van der Waals surface area contributed by atoms with Gasteiger partial charge in [-0.2, -0.15) is 0 Å². The number of rotatable bonds is 7. The third-order valence-electron chi connectivity index (χ3n) is 7.50. The van der Waals surface area contributed by atoms with Crippen molar-refractivity contribution < 1.29 is 33.0 Å². The van der Waals surface area contributed by atoms with E-state index >= 15 is 0 Å². The highest BCUT2D eigenvalue weighted by Gasteiger charge is 2.46. The smallest absolute Gasteiger partial charge is 0.410 e. The van der Waals surface area contributed by atoms with Crippen LogP contribution in [0.25, 0.3) is 11.0 Å². The molecule has 0 N–H and O–H groups in total. The van der Waals surface area contributed by atoms with Crippen LogP contribution in [0.2, 0.25) is 0 Å². The van der Waals surface area contributed by atoms with Crippen molar-refractivity contribution >= 4 is 28.8 Å². The van der Waals surface area contributed by atoms with E-state index < -0.39 is 23.7 Å². The molecule has 2 aromatic rings. The zero-order chi connectivity index (χ0) is 26.7. The molecule has 1 aromatic carbocycles. The van der Waals surface area contributed by atoms with Gasteiger partial charge in [0.1, 0.15) is 11.2 Å². The van der Waals surface area contributed by atoms with Gasteiger partial charge in [0, 0.05) is 25.5 Å². The molecular weight excluding hydrogens is 474 g/mol. The maximum absolute atomic E-state index is 13.8. The Kier molecular flexibility index (Phi) is 8.26. The summed E-state index contributed by atoms with van der Waals surface area (Å²) >= 11 is 0. The highest BCUT2D eigenvalue weighted by molar-refractivity contribution is 5.94. The fourth-order valence-corrected chi connectivity index (χ4v) is 5.81. The third kappa shape index (κ3) is 6.35. The molecule has 2 heterocycles. The Morgan fingerprint density at radius 2 is 1.78 bits per heavy atom. The molecule has 4 rings (SSSR count). The van der Waals surface area contributed by atoms with E-state index in [1.165, 1.54) is 0 Å². The summed E-state index contributed by atoms with van der Waals surface area (Å²) < 4.78 is 21.9. The molecule has 1 aliphatic carbocycles. The van der Waals surface area contributed by atoms with Crippen LogP contribution in [-0.2, 0) is 25.4 Å². The number of fused-ring (bicyclic) bond motifs is 1. The first-order valence-electron chi connectivity index (χ1n) is 13.3. The van der Waals surface area contributed by atoms with Crippen LogP contribution in [0.1, 0.15) is 75.9 Å². The van der Waals surface area contributed by atoms with Gasteiger partial charge in [0.2, 0.25) is 5.76 Å². The van der Waals surface area contributed by atoms with E-state index in [2.05, 4.69) is 0 Å². The first-order valence-corrected chi connectivity index (χ1v) is 13.3. The molecule has 2 fully saturated rings. The van der Waals surface area contributed by atoms with Crippen LogP contribution >= 0.6 is 0 Å². The molecule has 8 nitrogen and oxygen atoms in total. The van der Waals surface area contributed by atoms with Crippen LogP contribution < -0.4 is 0 Å². The summed E-state index contributed by atoms with van der Waals surface area (Å²) in [7, 11) is 1.75. The van der Waals surface area contributed by atoms with Crippen LogP contribution in [0.5, 0.6) is 0 Å². The van der Waals surface area contributed by atoms with Crippen molar-refractivity contribution in [3.63, 3.8) is 0 Å². The number of likely N-dealkylation sites (tertiary alicyclic amines) is 1. The standard InChI is InChI=1S/C29H39NO7/c1-6-35-27(32)25-17-20-15-18(7-12-24(20)36-25)16-23(31)26-22(19-8-10-21(34-5)11-9-19)13-14-30(26)28(33)37-29(2,3)4/h7,12,15,17,19,21-22,26H,6,8-11,13-14,16H2,1-5H3/t19?,21?,22-,26-/m1/s1. The Hall–Kier alpha value is -2.87. The highest BCUT2D eigenvalue weighted by atomic mass is 16.6. The number of hydrogen-bond donors (Lipinski definition) is 0. The molecule has 1 saturated heterocycles.